The number of rotatable bonds is 6. The molecule has 0 saturated heterocycles. The van der Waals surface area contributed by atoms with E-state index in [1.165, 1.54) is 25.3 Å². The molecule has 0 amide bonds. The third-order valence-electron chi connectivity index (χ3n) is 3.68. The van der Waals surface area contributed by atoms with Crippen LogP contribution in [0.5, 0.6) is 0 Å². The number of carbonyl (C=O) groups is 1. The Morgan fingerprint density at radius 2 is 2.08 bits per heavy atom. The van der Waals surface area contributed by atoms with Crippen molar-refractivity contribution in [2.75, 3.05) is 19.0 Å². The van der Waals surface area contributed by atoms with Gasteiger partial charge in [0.1, 0.15) is 11.3 Å². The van der Waals surface area contributed by atoms with Gasteiger partial charge in [-0.15, -0.1) is 0 Å². The average molecular weight is 365 g/mol. The van der Waals surface area contributed by atoms with Gasteiger partial charge in [0.15, 0.2) is 0 Å². The van der Waals surface area contributed by atoms with E-state index in [0.29, 0.717) is 10.6 Å². The lowest BCUT2D eigenvalue weighted by molar-refractivity contribution is -0.384. The van der Waals surface area contributed by atoms with E-state index in [2.05, 4.69) is 10.1 Å². The zero-order valence-corrected chi connectivity index (χ0v) is 14.4. The van der Waals surface area contributed by atoms with Crippen LogP contribution in [0.15, 0.2) is 42.5 Å². The van der Waals surface area contributed by atoms with Gasteiger partial charge in [-0.05, 0) is 36.8 Å². The molecule has 25 heavy (non-hydrogen) atoms. The van der Waals surface area contributed by atoms with Crippen LogP contribution < -0.4 is 5.32 Å². The van der Waals surface area contributed by atoms with E-state index in [9.17, 15) is 20.0 Å². The van der Waals surface area contributed by atoms with Crippen LogP contribution in [0.1, 0.15) is 22.8 Å². The molecule has 1 atom stereocenters. The molecule has 0 fully saturated rings. The Hall–Kier alpha value is -2.64. The largest absolute Gasteiger partial charge is 0.465 e. The number of nitro groups is 1. The van der Waals surface area contributed by atoms with Crippen molar-refractivity contribution < 1.29 is 19.6 Å². The number of esters is 1. The van der Waals surface area contributed by atoms with Crippen LogP contribution in [-0.2, 0) is 10.3 Å². The molecule has 0 heterocycles. The van der Waals surface area contributed by atoms with Gasteiger partial charge in [0.05, 0.1) is 17.6 Å². The Balaban J connectivity index is 2.29. The van der Waals surface area contributed by atoms with Gasteiger partial charge in [-0.25, -0.2) is 4.79 Å². The summed E-state index contributed by atoms with van der Waals surface area (Å²) in [6, 6.07) is 10.5. The van der Waals surface area contributed by atoms with Gasteiger partial charge in [0.2, 0.25) is 0 Å². The number of nitro benzene ring substituents is 1. The van der Waals surface area contributed by atoms with Crippen LogP contribution in [0.3, 0.4) is 0 Å². The molecule has 132 valence electrons. The van der Waals surface area contributed by atoms with Gasteiger partial charge in [0, 0.05) is 17.6 Å². The molecule has 2 rings (SSSR count). The number of anilines is 1. The number of nitrogens with one attached hydrogen (secondary N) is 1. The third-order valence-corrected chi connectivity index (χ3v) is 3.92. The third kappa shape index (κ3) is 4.46. The van der Waals surface area contributed by atoms with E-state index >= 15 is 0 Å². The van der Waals surface area contributed by atoms with Crippen molar-refractivity contribution in [3.8, 4) is 0 Å². The Morgan fingerprint density at radius 3 is 2.68 bits per heavy atom. The fourth-order valence-electron chi connectivity index (χ4n) is 2.27. The summed E-state index contributed by atoms with van der Waals surface area (Å²) in [6.07, 6.45) is 0. The molecule has 2 aromatic carbocycles. The minimum atomic E-state index is -1.33. The normalized spacial score (nSPS) is 13.0. The standard InChI is InChI=1S/C17H17ClN2O5/c1-17(22,12-4-3-5-13(18)9-12)10-19-14-8-11(16(21)25-2)6-7-15(14)20(23)24/h3-9,19,22H,10H2,1-2H3. The zero-order valence-electron chi connectivity index (χ0n) is 13.7. The summed E-state index contributed by atoms with van der Waals surface area (Å²) in [7, 11) is 1.22. The molecule has 8 heteroatoms. The number of carbonyl (C=O) groups excluding carboxylic acids is 1. The van der Waals surface area contributed by atoms with Crippen LogP contribution in [0.2, 0.25) is 5.02 Å². The maximum atomic E-state index is 11.6. The quantitative estimate of drug-likeness (QED) is 0.463. The number of hydrogen-bond donors (Lipinski definition) is 2. The number of ether oxygens (including phenoxy) is 1. The highest BCUT2D eigenvalue weighted by atomic mass is 35.5. The smallest absolute Gasteiger partial charge is 0.337 e. The van der Waals surface area contributed by atoms with E-state index in [0.717, 1.165) is 0 Å². The van der Waals surface area contributed by atoms with E-state index in [-0.39, 0.29) is 23.5 Å². The van der Waals surface area contributed by atoms with Crippen molar-refractivity contribution in [1.82, 2.24) is 0 Å². The molecule has 2 aromatic rings. The summed E-state index contributed by atoms with van der Waals surface area (Å²) < 4.78 is 4.62. The van der Waals surface area contributed by atoms with Gasteiger partial charge < -0.3 is 15.2 Å². The van der Waals surface area contributed by atoms with Crippen molar-refractivity contribution in [2.45, 2.75) is 12.5 Å². The molecule has 0 aromatic heterocycles. The maximum Gasteiger partial charge on any atom is 0.337 e. The summed E-state index contributed by atoms with van der Waals surface area (Å²) in [5.74, 6) is -0.612. The van der Waals surface area contributed by atoms with E-state index < -0.39 is 16.5 Å². The van der Waals surface area contributed by atoms with Gasteiger partial charge in [-0.2, -0.15) is 0 Å². The van der Waals surface area contributed by atoms with E-state index in [1.807, 2.05) is 0 Å². The summed E-state index contributed by atoms with van der Waals surface area (Å²) in [6.45, 7) is 1.53. The number of methoxy groups -OCH3 is 1. The SMILES string of the molecule is COC(=O)c1ccc([N+](=O)[O-])c(NCC(C)(O)c2cccc(Cl)c2)c1. The minimum absolute atomic E-state index is 0.0290. The predicted octanol–water partition coefficient (Wildman–Crippen LogP) is 3.35. The zero-order chi connectivity index (χ0) is 18.6. The number of hydrogen-bond acceptors (Lipinski definition) is 6. The summed E-state index contributed by atoms with van der Waals surface area (Å²) in [4.78, 5) is 22.2. The topological polar surface area (TPSA) is 102 Å². The molecule has 0 aliphatic heterocycles. The molecule has 2 N–H and O–H groups in total. The first-order valence-corrected chi connectivity index (χ1v) is 7.71. The van der Waals surface area contributed by atoms with Crippen molar-refractivity contribution in [3.05, 3.63) is 68.7 Å². The average Bonchev–Trinajstić information content (AvgIpc) is 2.59. The van der Waals surface area contributed by atoms with Crippen LogP contribution in [0, 0.1) is 10.1 Å². The van der Waals surface area contributed by atoms with Crippen LogP contribution in [-0.4, -0.2) is 29.7 Å². The lowest BCUT2D eigenvalue weighted by atomic mass is 9.96. The van der Waals surface area contributed by atoms with Crippen molar-refractivity contribution in [2.24, 2.45) is 0 Å². The Labute approximate surface area is 149 Å². The van der Waals surface area contributed by atoms with Crippen LogP contribution in [0.4, 0.5) is 11.4 Å². The van der Waals surface area contributed by atoms with Crippen molar-refractivity contribution in [1.29, 1.82) is 0 Å². The molecule has 0 aliphatic rings. The number of halogens is 1. The molecule has 0 saturated carbocycles. The Morgan fingerprint density at radius 1 is 1.36 bits per heavy atom. The van der Waals surface area contributed by atoms with Crippen LogP contribution in [0.25, 0.3) is 0 Å². The molecule has 0 bridgehead atoms. The van der Waals surface area contributed by atoms with E-state index in [4.69, 9.17) is 11.6 Å². The second-order valence-electron chi connectivity index (χ2n) is 5.62. The second-order valence-corrected chi connectivity index (χ2v) is 6.05. The number of aliphatic hydroxyl groups is 1. The summed E-state index contributed by atoms with van der Waals surface area (Å²) in [5, 5.41) is 25.1. The molecule has 7 nitrogen and oxygen atoms in total. The molecular weight excluding hydrogens is 348 g/mol. The molecule has 0 radical (unpaired) electrons. The Kier molecular flexibility index (Phi) is 5.61. The predicted molar refractivity (Wildman–Crippen MR) is 93.9 cm³/mol. The van der Waals surface area contributed by atoms with Crippen LogP contribution >= 0.6 is 11.6 Å². The highest BCUT2D eigenvalue weighted by Crippen LogP contribution is 2.29. The van der Waals surface area contributed by atoms with Gasteiger partial charge in [-0.3, -0.25) is 10.1 Å². The highest BCUT2D eigenvalue weighted by molar-refractivity contribution is 6.30. The number of nitrogens with zero attached hydrogens (tertiary/aromatic N) is 1. The van der Waals surface area contributed by atoms with Crippen molar-refractivity contribution >= 4 is 28.9 Å². The second kappa shape index (κ2) is 7.50. The van der Waals surface area contributed by atoms with E-state index in [1.54, 1.807) is 31.2 Å². The van der Waals surface area contributed by atoms with Gasteiger partial charge in [0.25, 0.3) is 5.69 Å². The first-order valence-electron chi connectivity index (χ1n) is 7.33. The fourth-order valence-corrected chi connectivity index (χ4v) is 2.46. The lowest BCUT2D eigenvalue weighted by Gasteiger charge is -2.25. The highest BCUT2D eigenvalue weighted by Gasteiger charge is 2.25. The summed E-state index contributed by atoms with van der Waals surface area (Å²) >= 11 is 5.93. The number of benzene rings is 2. The lowest BCUT2D eigenvalue weighted by Crippen LogP contribution is -2.31. The molecule has 0 aliphatic carbocycles. The maximum absolute atomic E-state index is 11.6. The fraction of sp³-hybridized carbons (Fsp3) is 0.235. The minimum Gasteiger partial charge on any atom is -0.465 e. The van der Waals surface area contributed by atoms with Crippen molar-refractivity contribution in [3.63, 3.8) is 0 Å². The first kappa shape index (κ1) is 18.7. The molecule has 1 unspecified atom stereocenters. The van der Waals surface area contributed by atoms with Gasteiger partial charge in [-0.1, -0.05) is 23.7 Å². The van der Waals surface area contributed by atoms with Gasteiger partial charge >= 0.3 is 5.97 Å². The first-order chi connectivity index (χ1) is 11.7. The Bertz CT molecular complexity index is 807. The molecule has 0 spiro atoms. The molecular formula is C17H17ClN2O5. The summed E-state index contributed by atoms with van der Waals surface area (Å²) in [5.41, 5.74) is -0.720. The monoisotopic (exact) mass is 364 g/mol.